The SMILES string of the molecule is C=C(Oc1cccc(F)c1)N(C)CC#Cc1nc2c([nH]1)c(=O)n(C1CC1)c(=O)n2C1CC1. The van der Waals surface area contributed by atoms with Crippen LogP contribution in [0.3, 0.4) is 0 Å². The molecule has 0 unspecified atom stereocenters. The Morgan fingerprint density at radius 2 is 2.00 bits per heavy atom. The molecule has 8 nitrogen and oxygen atoms in total. The summed E-state index contributed by atoms with van der Waals surface area (Å²) in [6, 6.07) is 5.87. The van der Waals surface area contributed by atoms with Crippen LogP contribution in [0.5, 0.6) is 5.75 Å². The molecule has 5 rings (SSSR count). The van der Waals surface area contributed by atoms with Gasteiger partial charge >= 0.3 is 5.69 Å². The number of nitrogens with one attached hydrogen (secondary N) is 1. The van der Waals surface area contributed by atoms with Gasteiger partial charge in [-0.2, -0.15) is 0 Å². The van der Waals surface area contributed by atoms with Gasteiger partial charge in [-0.3, -0.25) is 13.9 Å². The van der Waals surface area contributed by atoms with Gasteiger partial charge in [-0.1, -0.05) is 12.0 Å². The van der Waals surface area contributed by atoms with Crippen molar-refractivity contribution in [1.82, 2.24) is 24.0 Å². The van der Waals surface area contributed by atoms with Crippen molar-refractivity contribution >= 4 is 11.2 Å². The Hall–Kier alpha value is -3.80. The second-order valence-electron chi connectivity index (χ2n) is 8.19. The van der Waals surface area contributed by atoms with E-state index >= 15 is 0 Å². The summed E-state index contributed by atoms with van der Waals surface area (Å²) in [5.41, 5.74) is 0.0822. The first kappa shape index (κ1) is 20.1. The van der Waals surface area contributed by atoms with Crippen molar-refractivity contribution in [2.24, 2.45) is 0 Å². The fourth-order valence-electron chi connectivity index (χ4n) is 3.55. The molecule has 2 heterocycles. The molecule has 2 aliphatic carbocycles. The van der Waals surface area contributed by atoms with Crippen LogP contribution in [-0.2, 0) is 0 Å². The van der Waals surface area contributed by atoms with Crippen molar-refractivity contribution in [3.8, 4) is 17.6 Å². The van der Waals surface area contributed by atoms with E-state index in [-0.39, 0.29) is 29.9 Å². The van der Waals surface area contributed by atoms with Crippen LogP contribution < -0.4 is 16.0 Å². The zero-order chi connectivity index (χ0) is 22.4. The molecule has 9 heteroatoms. The molecular formula is C23H22FN5O3. The van der Waals surface area contributed by atoms with Gasteiger partial charge in [-0.15, -0.1) is 0 Å². The zero-order valence-electron chi connectivity index (χ0n) is 17.6. The minimum atomic E-state index is -0.395. The Labute approximate surface area is 182 Å². The third kappa shape index (κ3) is 3.80. The fraction of sp³-hybridized carbons (Fsp3) is 0.348. The van der Waals surface area contributed by atoms with Crippen molar-refractivity contribution in [3.05, 3.63) is 69.2 Å². The summed E-state index contributed by atoms with van der Waals surface area (Å²) in [5.74, 6) is 6.45. The van der Waals surface area contributed by atoms with Crippen LogP contribution in [0.4, 0.5) is 4.39 Å². The molecule has 3 aromatic rings. The number of aromatic amines is 1. The van der Waals surface area contributed by atoms with Crippen LogP contribution >= 0.6 is 0 Å². The van der Waals surface area contributed by atoms with E-state index in [4.69, 9.17) is 4.74 Å². The van der Waals surface area contributed by atoms with Gasteiger partial charge < -0.3 is 14.6 Å². The van der Waals surface area contributed by atoms with E-state index in [2.05, 4.69) is 28.4 Å². The maximum atomic E-state index is 13.3. The highest BCUT2D eigenvalue weighted by atomic mass is 19.1. The minimum Gasteiger partial charge on any atom is -0.442 e. The van der Waals surface area contributed by atoms with Crippen molar-refractivity contribution in [2.45, 2.75) is 37.8 Å². The Morgan fingerprint density at radius 1 is 1.28 bits per heavy atom. The first-order chi connectivity index (χ1) is 15.4. The molecule has 164 valence electrons. The summed E-state index contributed by atoms with van der Waals surface area (Å²) < 4.78 is 21.8. The number of H-pyrrole nitrogens is 1. The molecule has 1 N–H and O–H groups in total. The average molecular weight is 435 g/mol. The summed E-state index contributed by atoms with van der Waals surface area (Å²) in [4.78, 5) is 34.9. The van der Waals surface area contributed by atoms with Crippen molar-refractivity contribution in [2.75, 3.05) is 13.6 Å². The Morgan fingerprint density at radius 3 is 2.69 bits per heavy atom. The van der Waals surface area contributed by atoms with Crippen LogP contribution in [0.15, 0.2) is 46.3 Å². The molecule has 0 spiro atoms. The molecule has 2 aliphatic rings. The number of rotatable bonds is 6. The van der Waals surface area contributed by atoms with E-state index in [1.807, 2.05) is 0 Å². The van der Waals surface area contributed by atoms with Gasteiger partial charge in [0.1, 0.15) is 11.6 Å². The van der Waals surface area contributed by atoms with Crippen molar-refractivity contribution in [1.29, 1.82) is 0 Å². The molecule has 1 aromatic carbocycles. The predicted molar refractivity (Wildman–Crippen MR) is 117 cm³/mol. The summed E-state index contributed by atoms with van der Waals surface area (Å²) in [5, 5.41) is 0. The first-order valence-corrected chi connectivity index (χ1v) is 10.5. The van der Waals surface area contributed by atoms with Gasteiger partial charge in [-0.25, -0.2) is 14.2 Å². The van der Waals surface area contributed by atoms with Gasteiger partial charge in [-0.05, 0) is 50.3 Å². The molecule has 0 aliphatic heterocycles. The second-order valence-corrected chi connectivity index (χ2v) is 8.19. The maximum Gasteiger partial charge on any atom is 0.333 e. The van der Waals surface area contributed by atoms with Crippen LogP contribution in [0, 0.1) is 17.7 Å². The van der Waals surface area contributed by atoms with E-state index in [1.165, 1.54) is 16.7 Å². The summed E-state index contributed by atoms with van der Waals surface area (Å²) in [6.45, 7) is 4.11. The average Bonchev–Trinajstić information content (AvgIpc) is 3.67. The monoisotopic (exact) mass is 435 g/mol. The van der Waals surface area contributed by atoms with E-state index in [9.17, 15) is 14.0 Å². The first-order valence-electron chi connectivity index (χ1n) is 10.5. The lowest BCUT2D eigenvalue weighted by molar-refractivity contribution is 0.269. The smallest absolute Gasteiger partial charge is 0.333 e. The summed E-state index contributed by atoms with van der Waals surface area (Å²) in [6.07, 6.45) is 3.51. The number of benzene rings is 1. The predicted octanol–water partition coefficient (Wildman–Crippen LogP) is 2.53. The molecule has 0 saturated heterocycles. The number of aromatic nitrogens is 4. The van der Waals surface area contributed by atoms with E-state index in [1.54, 1.807) is 28.6 Å². The highest BCUT2D eigenvalue weighted by Crippen LogP contribution is 2.36. The zero-order valence-corrected chi connectivity index (χ0v) is 17.6. The molecule has 2 fully saturated rings. The molecular weight excluding hydrogens is 413 g/mol. The highest BCUT2D eigenvalue weighted by Gasteiger charge is 2.34. The number of hydrogen-bond donors (Lipinski definition) is 1. The quantitative estimate of drug-likeness (QED) is 0.475. The Kier molecular flexibility index (Phi) is 4.85. The number of ether oxygens (including phenoxy) is 1. The van der Waals surface area contributed by atoms with Crippen molar-refractivity contribution in [3.63, 3.8) is 0 Å². The maximum absolute atomic E-state index is 13.3. The Balaban J connectivity index is 1.37. The number of hydrogen-bond acceptors (Lipinski definition) is 5. The van der Waals surface area contributed by atoms with Gasteiger partial charge in [0.15, 0.2) is 22.9 Å². The van der Waals surface area contributed by atoms with Crippen molar-refractivity contribution < 1.29 is 9.13 Å². The van der Waals surface area contributed by atoms with Crippen LogP contribution in [-0.4, -0.2) is 37.6 Å². The molecule has 0 atom stereocenters. The van der Waals surface area contributed by atoms with Gasteiger partial charge in [0.05, 0.1) is 6.54 Å². The summed E-state index contributed by atoms with van der Waals surface area (Å²) >= 11 is 0. The number of nitrogens with zero attached hydrogens (tertiary/aromatic N) is 4. The van der Waals surface area contributed by atoms with Crippen LogP contribution in [0.1, 0.15) is 43.6 Å². The fourth-order valence-corrected chi connectivity index (χ4v) is 3.55. The van der Waals surface area contributed by atoms with Crippen LogP contribution in [0.2, 0.25) is 0 Å². The molecule has 2 saturated carbocycles. The minimum absolute atomic E-state index is 0.0139. The lowest BCUT2D eigenvalue weighted by Gasteiger charge is -2.18. The molecule has 0 amide bonds. The lowest BCUT2D eigenvalue weighted by atomic mass is 10.3. The lowest BCUT2D eigenvalue weighted by Crippen LogP contribution is -2.39. The van der Waals surface area contributed by atoms with Crippen LogP contribution in [0.25, 0.3) is 11.2 Å². The summed E-state index contributed by atoms with van der Waals surface area (Å²) in [7, 11) is 1.74. The standard InChI is InChI=1S/C23H22FN5O3/c1-14(32-18-6-3-5-15(24)13-18)27(2)12-4-7-19-25-20-21(26-19)28(16-8-9-16)23(31)29(22(20)30)17-10-11-17/h3,5-6,13,16-17H,1,8-12H2,2H3,(H,25,26). The second kappa shape index (κ2) is 7.71. The van der Waals surface area contributed by atoms with Gasteiger partial charge in [0.2, 0.25) is 0 Å². The topological polar surface area (TPSA) is 85.2 Å². The molecule has 0 bridgehead atoms. The van der Waals surface area contributed by atoms with E-state index < -0.39 is 5.82 Å². The molecule has 2 aromatic heterocycles. The highest BCUT2D eigenvalue weighted by molar-refractivity contribution is 5.71. The number of imidazole rings is 1. The number of halogens is 1. The largest absolute Gasteiger partial charge is 0.442 e. The number of fused-ring (bicyclic) bond motifs is 1. The Bertz CT molecular complexity index is 1400. The van der Waals surface area contributed by atoms with Gasteiger partial charge in [0.25, 0.3) is 5.56 Å². The third-order valence-corrected chi connectivity index (χ3v) is 5.56. The molecule has 32 heavy (non-hydrogen) atoms. The van der Waals surface area contributed by atoms with E-state index in [0.29, 0.717) is 28.6 Å². The normalized spacial score (nSPS) is 15.3. The van der Waals surface area contributed by atoms with E-state index in [0.717, 1.165) is 25.7 Å². The molecule has 0 radical (unpaired) electrons. The van der Waals surface area contributed by atoms with Gasteiger partial charge in [0, 0.05) is 25.2 Å². The third-order valence-electron chi connectivity index (χ3n) is 5.56.